The Morgan fingerprint density at radius 1 is 0.811 bits per heavy atom. The molecule has 188 valence electrons. The first-order valence-electron chi connectivity index (χ1n) is 13.0. The molecule has 6 rings (SSSR count). The van der Waals surface area contributed by atoms with Crippen LogP contribution in [0.1, 0.15) is 51.4 Å². The van der Waals surface area contributed by atoms with Crippen molar-refractivity contribution in [3.8, 4) is 16.9 Å². The van der Waals surface area contributed by atoms with Crippen LogP contribution in [0.3, 0.4) is 0 Å². The Labute approximate surface area is 216 Å². The maximum Gasteiger partial charge on any atom is 0.254 e. The number of hydrogen-bond donors (Lipinski definition) is 1. The second-order valence-corrected chi connectivity index (χ2v) is 9.88. The first-order chi connectivity index (χ1) is 18.0. The maximum atomic E-state index is 13.4. The molecule has 1 aromatic heterocycles. The lowest BCUT2D eigenvalue weighted by molar-refractivity contribution is 0.0716. The molecule has 37 heavy (non-hydrogen) atoms. The molecule has 1 N–H and O–H groups in total. The van der Waals surface area contributed by atoms with Crippen molar-refractivity contribution in [2.24, 2.45) is 0 Å². The summed E-state index contributed by atoms with van der Waals surface area (Å²) in [5.41, 5.74) is 6.27. The number of nitrogens with zero attached hydrogens (tertiary/aromatic N) is 3. The van der Waals surface area contributed by atoms with Gasteiger partial charge in [-0.05, 0) is 85.8 Å². The lowest BCUT2D eigenvalue weighted by Crippen LogP contribution is -2.35. The molecule has 0 atom stereocenters. The van der Waals surface area contributed by atoms with Gasteiger partial charge < -0.3 is 19.5 Å². The van der Waals surface area contributed by atoms with Crippen molar-refractivity contribution < 1.29 is 14.3 Å². The number of benzene rings is 3. The minimum absolute atomic E-state index is 0.0480. The molecule has 0 bridgehead atoms. The number of fused-ring (bicyclic) bond motifs is 2. The SMILES string of the molecule is Cc1nc2ccc(-c3ccc4c(c3)CN(C(=O)c3ccc(C(=O)N5CCCCC5)cc3)CCO4)cc2[nH]1. The average Bonchev–Trinajstić information content (AvgIpc) is 3.18. The molecule has 1 saturated heterocycles. The normalized spacial score (nSPS) is 15.7. The first-order valence-corrected chi connectivity index (χ1v) is 13.0. The van der Waals surface area contributed by atoms with Gasteiger partial charge >= 0.3 is 0 Å². The Balaban J connectivity index is 1.21. The largest absolute Gasteiger partial charge is 0.491 e. The molecule has 0 spiro atoms. The van der Waals surface area contributed by atoms with E-state index in [1.165, 1.54) is 6.42 Å². The van der Waals surface area contributed by atoms with Gasteiger partial charge in [0.05, 0.1) is 17.6 Å². The summed E-state index contributed by atoms with van der Waals surface area (Å²) < 4.78 is 5.99. The molecular formula is C30H30N4O3. The van der Waals surface area contributed by atoms with Gasteiger partial charge in [0.25, 0.3) is 11.8 Å². The van der Waals surface area contributed by atoms with Gasteiger partial charge in [0.1, 0.15) is 18.2 Å². The van der Waals surface area contributed by atoms with E-state index in [0.717, 1.165) is 65.2 Å². The summed E-state index contributed by atoms with van der Waals surface area (Å²) in [4.78, 5) is 37.7. The van der Waals surface area contributed by atoms with Crippen molar-refractivity contribution in [3.63, 3.8) is 0 Å². The second kappa shape index (κ2) is 9.73. The van der Waals surface area contributed by atoms with Gasteiger partial charge in [0.2, 0.25) is 0 Å². The summed E-state index contributed by atoms with van der Waals surface area (Å²) >= 11 is 0. The number of piperidine rings is 1. The molecule has 7 nitrogen and oxygen atoms in total. The van der Waals surface area contributed by atoms with Crippen LogP contribution in [0.5, 0.6) is 5.75 Å². The lowest BCUT2D eigenvalue weighted by atomic mass is 10.0. The number of rotatable bonds is 3. The van der Waals surface area contributed by atoms with E-state index < -0.39 is 0 Å². The zero-order chi connectivity index (χ0) is 25.4. The molecule has 2 amide bonds. The number of aryl methyl sites for hydroxylation is 1. The number of nitrogens with one attached hydrogen (secondary N) is 1. The molecule has 4 aromatic rings. The number of ether oxygens (including phenoxy) is 1. The zero-order valence-electron chi connectivity index (χ0n) is 21.0. The second-order valence-electron chi connectivity index (χ2n) is 9.88. The predicted molar refractivity (Wildman–Crippen MR) is 143 cm³/mol. The molecule has 2 aliphatic rings. The highest BCUT2D eigenvalue weighted by Gasteiger charge is 2.23. The standard InChI is InChI=1S/C30H30N4O3/c1-20-31-26-11-9-24(18-27(26)32-20)23-10-12-28-25(17-23)19-34(15-16-37-28)30(36)22-7-5-21(6-8-22)29(35)33-13-3-2-4-14-33/h5-12,17-18H,2-4,13-16,19H2,1H3,(H,31,32). The molecule has 7 heteroatoms. The molecule has 0 radical (unpaired) electrons. The van der Waals surface area contributed by atoms with Crippen molar-refractivity contribution in [2.45, 2.75) is 32.7 Å². The molecule has 1 fully saturated rings. The van der Waals surface area contributed by atoms with Crippen LogP contribution in [0.25, 0.3) is 22.2 Å². The van der Waals surface area contributed by atoms with Crippen LogP contribution in [-0.2, 0) is 6.54 Å². The summed E-state index contributed by atoms with van der Waals surface area (Å²) in [6.45, 7) is 4.96. The van der Waals surface area contributed by atoms with E-state index in [1.807, 2.05) is 28.9 Å². The highest BCUT2D eigenvalue weighted by atomic mass is 16.5. The number of H-pyrrole nitrogens is 1. The van der Waals surface area contributed by atoms with Crippen molar-refractivity contribution >= 4 is 22.8 Å². The van der Waals surface area contributed by atoms with E-state index in [4.69, 9.17) is 4.74 Å². The Hall–Kier alpha value is -4.13. The zero-order valence-corrected chi connectivity index (χ0v) is 21.0. The lowest BCUT2D eigenvalue weighted by Gasteiger charge is -2.26. The molecule has 0 unspecified atom stereocenters. The molecule has 3 heterocycles. The summed E-state index contributed by atoms with van der Waals surface area (Å²) in [5.74, 6) is 1.68. The Kier molecular flexibility index (Phi) is 6.12. The van der Waals surface area contributed by atoms with Gasteiger partial charge in [-0.2, -0.15) is 0 Å². The fourth-order valence-electron chi connectivity index (χ4n) is 5.28. The Morgan fingerprint density at radius 3 is 2.24 bits per heavy atom. The molecule has 3 aromatic carbocycles. The van der Waals surface area contributed by atoms with Gasteiger partial charge in [-0.25, -0.2) is 4.98 Å². The van der Waals surface area contributed by atoms with Crippen molar-refractivity contribution in [1.82, 2.24) is 19.8 Å². The first kappa shape index (κ1) is 23.3. The van der Waals surface area contributed by atoms with Crippen LogP contribution in [0.4, 0.5) is 0 Å². The highest BCUT2D eigenvalue weighted by molar-refractivity contribution is 5.98. The fourth-order valence-corrected chi connectivity index (χ4v) is 5.28. The minimum atomic E-state index is -0.0619. The third-order valence-corrected chi connectivity index (χ3v) is 7.28. The number of carbonyl (C=O) groups is 2. The summed E-state index contributed by atoms with van der Waals surface area (Å²) in [6, 6.07) is 19.4. The molecular weight excluding hydrogens is 464 g/mol. The van der Waals surface area contributed by atoms with E-state index in [2.05, 4.69) is 34.2 Å². The van der Waals surface area contributed by atoms with Gasteiger partial charge in [-0.3, -0.25) is 9.59 Å². The third-order valence-electron chi connectivity index (χ3n) is 7.28. The Morgan fingerprint density at radius 2 is 1.49 bits per heavy atom. The van der Waals surface area contributed by atoms with E-state index in [0.29, 0.717) is 30.8 Å². The van der Waals surface area contributed by atoms with Gasteiger partial charge in [-0.1, -0.05) is 12.1 Å². The monoisotopic (exact) mass is 494 g/mol. The van der Waals surface area contributed by atoms with Gasteiger partial charge in [0.15, 0.2) is 0 Å². The smallest absolute Gasteiger partial charge is 0.254 e. The number of carbonyl (C=O) groups excluding carboxylic acids is 2. The number of imidazole rings is 1. The van der Waals surface area contributed by atoms with Crippen LogP contribution in [0.15, 0.2) is 60.7 Å². The summed E-state index contributed by atoms with van der Waals surface area (Å²) in [7, 11) is 0. The maximum absolute atomic E-state index is 13.4. The van der Waals surface area contributed by atoms with Crippen LogP contribution in [0, 0.1) is 6.92 Å². The fraction of sp³-hybridized carbons (Fsp3) is 0.300. The van der Waals surface area contributed by atoms with Crippen molar-refractivity contribution in [1.29, 1.82) is 0 Å². The number of amides is 2. The van der Waals surface area contributed by atoms with Crippen LogP contribution in [0.2, 0.25) is 0 Å². The number of aromatic amines is 1. The molecule has 0 saturated carbocycles. The third kappa shape index (κ3) is 4.69. The minimum Gasteiger partial charge on any atom is -0.491 e. The molecule has 2 aliphatic heterocycles. The number of likely N-dealkylation sites (tertiary alicyclic amines) is 1. The number of hydrogen-bond acceptors (Lipinski definition) is 4. The van der Waals surface area contributed by atoms with Crippen molar-refractivity contribution in [3.05, 3.63) is 83.2 Å². The van der Waals surface area contributed by atoms with E-state index in [9.17, 15) is 9.59 Å². The Bertz CT molecular complexity index is 1470. The van der Waals surface area contributed by atoms with Gasteiger partial charge in [-0.15, -0.1) is 0 Å². The topological polar surface area (TPSA) is 78.5 Å². The van der Waals surface area contributed by atoms with Crippen LogP contribution >= 0.6 is 0 Å². The summed E-state index contributed by atoms with van der Waals surface area (Å²) in [5, 5.41) is 0. The van der Waals surface area contributed by atoms with Crippen LogP contribution < -0.4 is 4.74 Å². The number of aromatic nitrogens is 2. The van der Waals surface area contributed by atoms with E-state index in [-0.39, 0.29) is 11.8 Å². The predicted octanol–water partition coefficient (Wildman–Crippen LogP) is 5.20. The molecule has 0 aliphatic carbocycles. The highest BCUT2D eigenvalue weighted by Crippen LogP contribution is 2.31. The van der Waals surface area contributed by atoms with Crippen molar-refractivity contribution in [2.75, 3.05) is 26.2 Å². The van der Waals surface area contributed by atoms with E-state index in [1.54, 1.807) is 24.3 Å². The van der Waals surface area contributed by atoms with E-state index >= 15 is 0 Å². The average molecular weight is 495 g/mol. The summed E-state index contributed by atoms with van der Waals surface area (Å²) in [6.07, 6.45) is 3.29. The van der Waals surface area contributed by atoms with Gasteiger partial charge in [0, 0.05) is 36.3 Å². The quantitative estimate of drug-likeness (QED) is 0.425. The van der Waals surface area contributed by atoms with Crippen LogP contribution in [-0.4, -0.2) is 57.8 Å².